The predicted molar refractivity (Wildman–Crippen MR) is 156 cm³/mol. The molecule has 7 aromatic rings. The zero-order chi connectivity index (χ0) is 26.4. The van der Waals surface area contributed by atoms with Gasteiger partial charge in [0.1, 0.15) is 0 Å². The summed E-state index contributed by atoms with van der Waals surface area (Å²) in [5, 5.41) is 2.06. The van der Waals surface area contributed by atoms with Crippen molar-refractivity contribution < 1.29 is 24.5 Å². The van der Waals surface area contributed by atoms with Gasteiger partial charge >= 0.3 is 0 Å². The van der Waals surface area contributed by atoms with Crippen LogP contribution in [-0.2, 0) is 26.5 Å². The van der Waals surface area contributed by atoms with E-state index in [0.29, 0.717) is 5.71 Å². The minimum absolute atomic E-state index is 0. The van der Waals surface area contributed by atoms with Gasteiger partial charge in [0.2, 0.25) is 5.71 Å². The van der Waals surface area contributed by atoms with Crippen LogP contribution in [0.2, 0.25) is 0 Å². The first-order valence-corrected chi connectivity index (χ1v) is 12.8. The molecule has 0 atom stereocenters. The van der Waals surface area contributed by atoms with Gasteiger partial charge < -0.3 is 14.4 Å². The van der Waals surface area contributed by atoms with Gasteiger partial charge in [-0.3, -0.25) is 0 Å². The van der Waals surface area contributed by atoms with E-state index in [1.165, 1.54) is 11.1 Å². The standard InChI is InChI=1S/C23H15N2O.C12H10N.Ir/c1-2-7-16(8-3-1)15-17-12-13-19-18-9-6-10-20(21-11-4-5-14-24-21)22(18)26-23(19)25-17;1-10-7-8-12(13-9-10)11-5-3-2-4-6-11;/h1-9,11-14H,15H2;2-5,7-9H,1H3;/q2*-1;. The first-order valence-electron chi connectivity index (χ1n) is 12.8. The van der Waals surface area contributed by atoms with E-state index in [9.17, 15) is 0 Å². The number of benzene rings is 3. The molecule has 0 spiro atoms. The van der Waals surface area contributed by atoms with Gasteiger partial charge in [0, 0.05) is 50.0 Å². The minimum Gasteiger partial charge on any atom is -0.486 e. The number of hydrogen-bond donors (Lipinski definition) is 0. The quantitative estimate of drug-likeness (QED) is 0.174. The van der Waals surface area contributed by atoms with Gasteiger partial charge in [-0.2, -0.15) is 0 Å². The SMILES string of the molecule is Cc1ccc(-c2[c-]cccc2)nc1.[Ir].[c-]1ccc2c(oc3nc(Cc4ccccc4)ccc32)c1-c1ccccn1. The fraction of sp³-hybridized carbons (Fsp3) is 0.0571. The molecule has 197 valence electrons. The Hall–Kier alpha value is -4.44. The Morgan fingerprint density at radius 1 is 0.700 bits per heavy atom. The van der Waals surface area contributed by atoms with E-state index >= 15 is 0 Å². The molecule has 0 saturated heterocycles. The molecule has 40 heavy (non-hydrogen) atoms. The topological polar surface area (TPSA) is 51.8 Å². The van der Waals surface area contributed by atoms with Crippen LogP contribution >= 0.6 is 0 Å². The number of furan rings is 1. The number of fused-ring (bicyclic) bond motifs is 3. The van der Waals surface area contributed by atoms with Crippen LogP contribution in [-0.4, -0.2) is 15.0 Å². The molecular weight excluding hydrogens is 671 g/mol. The van der Waals surface area contributed by atoms with E-state index in [2.05, 4.69) is 52.4 Å². The van der Waals surface area contributed by atoms with Crippen molar-refractivity contribution in [3.63, 3.8) is 0 Å². The molecule has 0 N–H and O–H groups in total. The van der Waals surface area contributed by atoms with Crippen LogP contribution in [0.5, 0.6) is 0 Å². The second kappa shape index (κ2) is 12.6. The van der Waals surface area contributed by atoms with Gasteiger partial charge in [-0.05, 0) is 47.6 Å². The van der Waals surface area contributed by atoms with Crippen LogP contribution in [0.25, 0.3) is 44.6 Å². The maximum Gasteiger partial charge on any atom is 0.216 e. The molecular formula is C35H25IrN3O-2. The normalized spacial score (nSPS) is 10.5. The molecule has 0 aliphatic heterocycles. The zero-order valence-corrected chi connectivity index (χ0v) is 24.2. The maximum absolute atomic E-state index is 6.13. The van der Waals surface area contributed by atoms with Gasteiger partial charge in [-0.1, -0.05) is 65.5 Å². The average molecular weight is 696 g/mol. The van der Waals surface area contributed by atoms with E-state index in [-0.39, 0.29) is 20.1 Å². The summed E-state index contributed by atoms with van der Waals surface area (Å²) in [6.07, 6.45) is 4.43. The van der Waals surface area contributed by atoms with Crippen molar-refractivity contribution in [2.24, 2.45) is 0 Å². The van der Waals surface area contributed by atoms with Gasteiger partial charge in [-0.25, -0.2) is 4.98 Å². The summed E-state index contributed by atoms with van der Waals surface area (Å²) >= 11 is 0. The predicted octanol–water partition coefficient (Wildman–Crippen LogP) is 8.29. The molecule has 0 amide bonds. The summed E-state index contributed by atoms with van der Waals surface area (Å²) in [5.74, 6) is 0. The Balaban J connectivity index is 0.000000195. The van der Waals surface area contributed by atoms with Gasteiger partial charge in [0.05, 0.1) is 5.58 Å². The first kappa shape index (κ1) is 27.1. The molecule has 0 bridgehead atoms. The van der Waals surface area contributed by atoms with Crippen LogP contribution in [0.4, 0.5) is 0 Å². The van der Waals surface area contributed by atoms with Gasteiger partial charge in [0.25, 0.3) is 0 Å². The molecule has 4 aromatic heterocycles. The molecule has 0 fully saturated rings. The van der Waals surface area contributed by atoms with E-state index < -0.39 is 0 Å². The molecule has 1 radical (unpaired) electrons. The van der Waals surface area contributed by atoms with Crippen molar-refractivity contribution in [3.05, 3.63) is 151 Å². The molecule has 0 unspecified atom stereocenters. The smallest absolute Gasteiger partial charge is 0.216 e. The summed E-state index contributed by atoms with van der Waals surface area (Å²) in [7, 11) is 0. The van der Waals surface area contributed by atoms with Crippen molar-refractivity contribution in [2.75, 3.05) is 0 Å². The maximum atomic E-state index is 6.13. The van der Waals surface area contributed by atoms with Crippen LogP contribution in [0.15, 0.2) is 126 Å². The number of aryl methyl sites for hydroxylation is 1. The fourth-order valence-electron chi connectivity index (χ4n) is 4.44. The third-order valence-corrected chi connectivity index (χ3v) is 6.40. The Morgan fingerprint density at radius 2 is 1.55 bits per heavy atom. The van der Waals surface area contributed by atoms with Crippen molar-refractivity contribution in [3.8, 4) is 22.5 Å². The summed E-state index contributed by atoms with van der Waals surface area (Å²) in [6.45, 7) is 2.03. The van der Waals surface area contributed by atoms with Gasteiger partial charge in [0.15, 0.2) is 0 Å². The molecule has 0 saturated carbocycles. The Labute approximate surface area is 247 Å². The third-order valence-electron chi connectivity index (χ3n) is 6.40. The Bertz CT molecular complexity index is 1820. The van der Waals surface area contributed by atoms with E-state index in [1.54, 1.807) is 6.20 Å². The molecule has 0 aliphatic carbocycles. The monoisotopic (exact) mass is 696 g/mol. The number of aromatic nitrogens is 3. The van der Waals surface area contributed by atoms with Crippen LogP contribution in [0.1, 0.15) is 16.8 Å². The molecule has 7 rings (SSSR count). The van der Waals surface area contributed by atoms with E-state index in [0.717, 1.165) is 51.0 Å². The van der Waals surface area contributed by atoms with Crippen molar-refractivity contribution in [1.82, 2.24) is 15.0 Å². The van der Waals surface area contributed by atoms with Crippen LogP contribution in [0.3, 0.4) is 0 Å². The average Bonchev–Trinajstić information content (AvgIpc) is 3.37. The summed E-state index contributed by atoms with van der Waals surface area (Å²) in [6, 6.07) is 42.6. The first-order chi connectivity index (χ1) is 19.2. The van der Waals surface area contributed by atoms with Crippen molar-refractivity contribution in [2.45, 2.75) is 13.3 Å². The molecule has 4 heterocycles. The summed E-state index contributed by atoms with van der Waals surface area (Å²) in [5.41, 5.74) is 8.58. The Morgan fingerprint density at radius 3 is 2.30 bits per heavy atom. The van der Waals surface area contributed by atoms with Crippen LogP contribution in [0, 0.1) is 19.1 Å². The minimum atomic E-state index is 0. The largest absolute Gasteiger partial charge is 0.486 e. The molecule has 5 heteroatoms. The molecule has 3 aromatic carbocycles. The zero-order valence-electron chi connectivity index (χ0n) is 21.8. The number of hydrogen-bond acceptors (Lipinski definition) is 4. The van der Waals surface area contributed by atoms with Crippen LogP contribution < -0.4 is 0 Å². The second-order valence-electron chi connectivity index (χ2n) is 9.23. The van der Waals surface area contributed by atoms with Gasteiger partial charge in [-0.15, -0.1) is 54.1 Å². The number of nitrogens with zero attached hydrogens (tertiary/aromatic N) is 3. The summed E-state index contributed by atoms with van der Waals surface area (Å²) < 4.78 is 6.13. The summed E-state index contributed by atoms with van der Waals surface area (Å²) in [4.78, 5) is 13.5. The number of pyridine rings is 3. The second-order valence-corrected chi connectivity index (χ2v) is 9.23. The molecule has 0 aliphatic rings. The fourth-order valence-corrected chi connectivity index (χ4v) is 4.44. The third kappa shape index (κ3) is 6.07. The number of rotatable bonds is 4. The van der Waals surface area contributed by atoms with Crippen molar-refractivity contribution in [1.29, 1.82) is 0 Å². The van der Waals surface area contributed by atoms with Crippen molar-refractivity contribution >= 4 is 22.1 Å². The van der Waals surface area contributed by atoms with E-state index in [4.69, 9.17) is 9.40 Å². The van der Waals surface area contributed by atoms with E-state index in [1.807, 2.05) is 92.0 Å². The Kier molecular flexibility index (Phi) is 8.55. The molecule has 4 nitrogen and oxygen atoms in total.